The third-order valence-corrected chi connectivity index (χ3v) is 6.11. The number of hydrogen-bond acceptors (Lipinski definition) is 3. The summed E-state index contributed by atoms with van der Waals surface area (Å²) in [5.41, 5.74) is 5.51. The second-order valence-electron chi connectivity index (χ2n) is 6.51. The molecule has 0 atom stereocenters. The van der Waals surface area contributed by atoms with Gasteiger partial charge in [-0.15, -0.1) is 0 Å². The fourth-order valence-electron chi connectivity index (χ4n) is 3.02. The maximum absolute atomic E-state index is 6.18. The number of hydrogen-bond donors (Lipinski definition) is 0. The molecule has 4 rings (SSSR count). The summed E-state index contributed by atoms with van der Waals surface area (Å²) in [6.07, 6.45) is 4.09. The van der Waals surface area contributed by atoms with Gasteiger partial charge in [-0.05, 0) is 60.4 Å². The van der Waals surface area contributed by atoms with Crippen LogP contribution in [0.1, 0.15) is 18.1 Å². The molecule has 0 amide bonds. The summed E-state index contributed by atoms with van der Waals surface area (Å²) in [4.78, 5) is 0. The summed E-state index contributed by atoms with van der Waals surface area (Å²) in [6, 6.07) is 24.5. The number of allylic oxidation sites excluding steroid dienone is 1. The van der Waals surface area contributed by atoms with Crippen LogP contribution >= 0.6 is 0 Å². The standard InChI is InChI=1S/C12H10O.C11H12NO.Al/c13-12-8-6-11(7-9-12)10-4-2-1-3-5-10;1-8(12)6-7-10-4-3-5-11(13)9(10)2;/h1-9,13H;3-7,13H,1-2H3;/q;-1;+3/p-2/b;7-6-;. The van der Waals surface area contributed by atoms with E-state index in [1.54, 1.807) is 0 Å². The Morgan fingerprint density at radius 2 is 1.52 bits per heavy atom. The van der Waals surface area contributed by atoms with E-state index >= 15 is 0 Å². The first kappa shape index (κ1) is 17.6. The minimum absolute atomic E-state index is 0.778. The first-order valence-corrected chi connectivity index (χ1v) is 10.5. The zero-order chi connectivity index (χ0) is 18.6. The Morgan fingerprint density at radius 3 is 2.30 bits per heavy atom. The lowest BCUT2D eigenvalue weighted by molar-refractivity contribution is 0.423. The highest BCUT2D eigenvalue weighted by molar-refractivity contribution is 6.47. The Labute approximate surface area is 164 Å². The summed E-state index contributed by atoms with van der Waals surface area (Å²) < 4.78 is 17.0. The van der Waals surface area contributed by atoms with Gasteiger partial charge in [0.15, 0.2) is 0 Å². The first-order valence-electron chi connectivity index (χ1n) is 9.00. The first-order chi connectivity index (χ1) is 13.2. The average molecular weight is 369 g/mol. The van der Waals surface area contributed by atoms with E-state index in [-0.39, 0.29) is 0 Å². The third-order valence-electron chi connectivity index (χ3n) is 4.57. The summed E-state index contributed by atoms with van der Waals surface area (Å²) >= 11 is -2.31. The molecule has 2 bridgehead atoms. The molecule has 3 aromatic carbocycles. The van der Waals surface area contributed by atoms with Crippen LogP contribution in [0.4, 0.5) is 0 Å². The van der Waals surface area contributed by atoms with Crippen LogP contribution in [0.2, 0.25) is 0 Å². The minimum Gasteiger partial charge on any atom is -0.593 e. The van der Waals surface area contributed by atoms with Gasteiger partial charge in [0.2, 0.25) is 0 Å². The van der Waals surface area contributed by atoms with Crippen molar-refractivity contribution in [1.82, 2.24) is 0 Å². The fraction of sp³-hybridized carbons (Fsp3) is 0.0870. The highest BCUT2D eigenvalue weighted by Gasteiger charge is 2.37. The summed E-state index contributed by atoms with van der Waals surface area (Å²) in [5.74, 6) is 1.62. The number of benzene rings is 3. The van der Waals surface area contributed by atoms with Crippen molar-refractivity contribution in [3.8, 4) is 22.6 Å². The van der Waals surface area contributed by atoms with Crippen molar-refractivity contribution in [2.45, 2.75) is 13.8 Å². The second-order valence-corrected chi connectivity index (χ2v) is 7.85. The van der Waals surface area contributed by atoms with Gasteiger partial charge in [-0.2, -0.15) is 0 Å². The molecule has 0 N–H and O–H groups in total. The van der Waals surface area contributed by atoms with Crippen LogP contribution in [0, 0.1) is 6.92 Å². The van der Waals surface area contributed by atoms with Gasteiger partial charge in [0, 0.05) is 5.71 Å². The average Bonchev–Trinajstić information content (AvgIpc) is 2.72. The van der Waals surface area contributed by atoms with Crippen LogP contribution in [-0.2, 0) is 0 Å². The molecule has 132 valence electrons. The molecular weight excluding hydrogens is 349 g/mol. The van der Waals surface area contributed by atoms with E-state index in [4.69, 9.17) is 11.6 Å². The van der Waals surface area contributed by atoms with Gasteiger partial charge < -0.3 is 11.6 Å². The van der Waals surface area contributed by atoms with Crippen LogP contribution in [-0.4, -0.2) is 20.7 Å². The molecule has 0 unspecified atom stereocenters. The van der Waals surface area contributed by atoms with Gasteiger partial charge in [0.1, 0.15) is 0 Å². The monoisotopic (exact) mass is 369 g/mol. The minimum atomic E-state index is -2.31. The SMILES string of the molecule is CC1=[N]\[Al]([O]c2ccc(-c3ccccc3)cc2)[O]c2cccc(c2C)/C=C\1. The lowest BCUT2D eigenvalue weighted by atomic mass is 10.1. The van der Waals surface area contributed by atoms with Crippen LogP contribution in [0.3, 0.4) is 0 Å². The summed E-state index contributed by atoms with van der Waals surface area (Å²) in [6.45, 7) is 4.04. The molecule has 3 aromatic rings. The smallest absolute Gasteiger partial charge is 0.593 e. The largest absolute Gasteiger partial charge is 1.06 e. The van der Waals surface area contributed by atoms with E-state index in [1.807, 2.05) is 55.5 Å². The van der Waals surface area contributed by atoms with Crippen molar-refractivity contribution in [3.63, 3.8) is 0 Å². The van der Waals surface area contributed by atoms with Gasteiger partial charge >= 0.3 is 15.0 Å². The molecule has 0 saturated carbocycles. The molecule has 3 nitrogen and oxygen atoms in total. The lowest BCUT2D eigenvalue weighted by Gasteiger charge is -2.15. The normalized spacial score (nSPS) is 16.2. The molecule has 0 fully saturated rings. The Bertz CT molecular complexity index is 995. The van der Waals surface area contributed by atoms with E-state index < -0.39 is 15.0 Å². The van der Waals surface area contributed by atoms with Crippen molar-refractivity contribution in [2.24, 2.45) is 3.98 Å². The highest BCUT2D eigenvalue weighted by Crippen LogP contribution is 2.26. The quantitative estimate of drug-likeness (QED) is 0.563. The van der Waals surface area contributed by atoms with E-state index in [0.717, 1.165) is 33.9 Å². The predicted molar refractivity (Wildman–Crippen MR) is 112 cm³/mol. The van der Waals surface area contributed by atoms with Crippen LogP contribution < -0.4 is 7.58 Å². The van der Waals surface area contributed by atoms with Crippen molar-refractivity contribution in [3.05, 3.63) is 90.0 Å². The number of fused-ring (bicyclic) bond motifs is 2. The molecule has 0 spiro atoms. The van der Waals surface area contributed by atoms with Crippen LogP contribution in [0.5, 0.6) is 11.5 Å². The van der Waals surface area contributed by atoms with Crippen LogP contribution in [0.25, 0.3) is 17.2 Å². The zero-order valence-electron chi connectivity index (χ0n) is 15.4. The zero-order valence-corrected chi connectivity index (χ0v) is 16.6. The molecule has 0 aromatic heterocycles. The van der Waals surface area contributed by atoms with Crippen molar-refractivity contribution < 1.29 is 7.58 Å². The molecule has 0 saturated heterocycles. The van der Waals surface area contributed by atoms with Gasteiger partial charge in [0.25, 0.3) is 0 Å². The van der Waals surface area contributed by atoms with E-state index in [1.165, 1.54) is 5.56 Å². The van der Waals surface area contributed by atoms with E-state index in [0.29, 0.717) is 0 Å². The highest BCUT2D eigenvalue weighted by atomic mass is 27.2. The summed E-state index contributed by atoms with van der Waals surface area (Å²) in [5, 5.41) is 0. The Morgan fingerprint density at radius 1 is 0.778 bits per heavy atom. The number of nitrogens with zero attached hydrogens (tertiary/aromatic N) is 1. The maximum atomic E-state index is 6.18. The van der Waals surface area contributed by atoms with Gasteiger partial charge in [-0.1, -0.05) is 60.7 Å². The summed E-state index contributed by atoms with van der Waals surface area (Å²) in [7, 11) is 0. The number of rotatable bonds is 3. The van der Waals surface area contributed by atoms with Crippen LogP contribution in [0.15, 0.2) is 82.8 Å². The van der Waals surface area contributed by atoms with Crippen molar-refractivity contribution in [1.29, 1.82) is 0 Å². The molecule has 0 radical (unpaired) electrons. The Balaban J connectivity index is 1.58. The molecule has 1 aliphatic rings. The van der Waals surface area contributed by atoms with E-state index in [9.17, 15) is 0 Å². The van der Waals surface area contributed by atoms with Gasteiger partial charge in [-0.25, -0.2) is 0 Å². The van der Waals surface area contributed by atoms with Gasteiger partial charge in [0.05, 0.1) is 11.5 Å². The fourth-order valence-corrected chi connectivity index (χ4v) is 4.45. The molecule has 4 heteroatoms. The third kappa shape index (κ3) is 4.14. The molecule has 0 aliphatic carbocycles. The second kappa shape index (κ2) is 7.84. The Hall–Kier alpha value is -2.80. The molecular formula is C23H20AlNO2. The predicted octanol–water partition coefficient (Wildman–Crippen LogP) is 5.59. The molecule has 27 heavy (non-hydrogen) atoms. The molecule has 1 heterocycles. The van der Waals surface area contributed by atoms with Crippen molar-refractivity contribution >= 4 is 26.8 Å². The molecule has 1 aliphatic heterocycles. The Kier molecular flexibility index (Phi) is 5.11. The topological polar surface area (TPSA) is 30.8 Å². The lowest BCUT2D eigenvalue weighted by Crippen LogP contribution is -2.29. The van der Waals surface area contributed by atoms with Crippen molar-refractivity contribution in [2.75, 3.05) is 0 Å². The van der Waals surface area contributed by atoms with E-state index in [2.05, 4.69) is 43.3 Å². The maximum Gasteiger partial charge on any atom is 1.06 e. The van der Waals surface area contributed by atoms with Gasteiger partial charge in [-0.3, -0.25) is 0 Å².